The Kier molecular flexibility index (Phi) is 2.70. The van der Waals surface area contributed by atoms with Crippen molar-refractivity contribution in [3.63, 3.8) is 0 Å². The minimum absolute atomic E-state index is 0.0637. The molecule has 0 aliphatic carbocycles. The SMILES string of the molecule is CCC1(CC)C=CC2=C(CC(=O)N2C)N=C1. The van der Waals surface area contributed by atoms with Crippen molar-refractivity contribution in [3.8, 4) is 0 Å². The largest absolute Gasteiger partial charge is 0.313 e. The van der Waals surface area contributed by atoms with E-state index in [-0.39, 0.29) is 11.3 Å². The predicted molar refractivity (Wildman–Crippen MR) is 65.1 cm³/mol. The van der Waals surface area contributed by atoms with Gasteiger partial charge in [-0.2, -0.15) is 0 Å². The van der Waals surface area contributed by atoms with Crippen molar-refractivity contribution in [3.05, 3.63) is 23.5 Å². The number of carbonyl (C=O) groups excluding carboxylic acids is 1. The van der Waals surface area contributed by atoms with Crippen LogP contribution in [-0.2, 0) is 4.79 Å². The molecule has 2 aliphatic rings. The Hall–Kier alpha value is -1.38. The molecule has 2 heterocycles. The quantitative estimate of drug-likeness (QED) is 0.701. The zero-order chi connectivity index (χ0) is 11.8. The molecule has 0 fully saturated rings. The Balaban J connectivity index is 2.35. The number of likely N-dealkylation sites (N-methyl/N-ethyl adjacent to an activating group) is 1. The van der Waals surface area contributed by atoms with Crippen LogP contribution in [0.1, 0.15) is 33.1 Å². The first-order valence-corrected chi connectivity index (χ1v) is 5.86. The number of hydrogen-bond acceptors (Lipinski definition) is 2. The zero-order valence-electron chi connectivity index (χ0n) is 10.2. The van der Waals surface area contributed by atoms with Crippen molar-refractivity contribution in [1.29, 1.82) is 0 Å². The second kappa shape index (κ2) is 3.89. The summed E-state index contributed by atoms with van der Waals surface area (Å²) in [6, 6.07) is 0. The van der Waals surface area contributed by atoms with Gasteiger partial charge in [-0.3, -0.25) is 9.79 Å². The fourth-order valence-electron chi connectivity index (χ4n) is 2.16. The Morgan fingerprint density at radius 3 is 2.75 bits per heavy atom. The van der Waals surface area contributed by atoms with Crippen molar-refractivity contribution in [2.45, 2.75) is 33.1 Å². The van der Waals surface area contributed by atoms with E-state index in [1.54, 1.807) is 4.90 Å². The molecule has 0 bridgehead atoms. The molecule has 0 saturated carbocycles. The number of amides is 1. The van der Waals surface area contributed by atoms with E-state index >= 15 is 0 Å². The highest BCUT2D eigenvalue weighted by Gasteiger charge is 2.29. The van der Waals surface area contributed by atoms with Crippen LogP contribution in [0.15, 0.2) is 28.5 Å². The molecule has 16 heavy (non-hydrogen) atoms. The molecule has 0 spiro atoms. The van der Waals surface area contributed by atoms with Crippen LogP contribution in [0.5, 0.6) is 0 Å². The summed E-state index contributed by atoms with van der Waals surface area (Å²) < 4.78 is 0. The molecule has 0 unspecified atom stereocenters. The number of hydrogen-bond donors (Lipinski definition) is 0. The van der Waals surface area contributed by atoms with Gasteiger partial charge in [0.2, 0.25) is 5.91 Å². The van der Waals surface area contributed by atoms with Crippen LogP contribution in [0.4, 0.5) is 0 Å². The third kappa shape index (κ3) is 1.60. The number of aliphatic imine (C=N–C) groups is 1. The van der Waals surface area contributed by atoms with Crippen molar-refractivity contribution in [1.82, 2.24) is 4.90 Å². The Morgan fingerprint density at radius 2 is 2.12 bits per heavy atom. The molecular formula is C13H18N2O. The summed E-state index contributed by atoms with van der Waals surface area (Å²) in [5.74, 6) is 0.132. The predicted octanol–water partition coefficient (Wildman–Crippen LogP) is 2.51. The van der Waals surface area contributed by atoms with Gasteiger partial charge in [0.05, 0.1) is 17.8 Å². The molecule has 3 nitrogen and oxygen atoms in total. The van der Waals surface area contributed by atoms with Gasteiger partial charge < -0.3 is 4.90 Å². The lowest BCUT2D eigenvalue weighted by Gasteiger charge is -2.22. The molecule has 0 radical (unpaired) electrons. The summed E-state index contributed by atoms with van der Waals surface area (Å²) in [6.45, 7) is 4.34. The molecular weight excluding hydrogens is 200 g/mol. The fraction of sp³-hybridized carbons (Fsp3) is 0.538. The topological polar surface area (TPSA) is 32.7 Å². The van der Waals surface area contributed by atoms with E-state index in [0.29, 0.717) is 6.42 Å². The molecule has 0 atom stereocenters. The Labute approximate surface area is 96.5 Å². The molecule has 0 aromatic rings. The van der Waals surface area contributed by atoms with Gasteiger partial charge in [0.1, 0.15) is 0 Å². The molecule has 0 aromatic carbocycles. The highest BCUT2D eigenvalue weighted by molar-refractivity contribution is 5.86. The molecule has 0 saturated heterocycles. The van der Waals surface area contributed by atoms with Gasteiger partial charge in [-0.1, -0.05) is 19.9 Å². The summed E-state index contributed by atoms with van der Waals surface area (Å²) in [5, 5.41) is 0. The van der Waals surface area contributed by atoms with Gasteiger partial charge in [0, 0.05) is 18.7 Å². The summed E-state index contributed by atoms with van der Waals surface area (Å²) in [5.41, 5.74) is 1.94. The monoisotopic (exact) mass is 218 g/mol. The van der Waals surface area contributed by atoms with Crippen LogP contribution in [0.3, 0.4) is 0 Å². The number of nitrogens with zero attached hydrogens (tertiary/aromatic N) is 2. The van der Waals surface area contributed by atoms with Crippen LogP contribution >= 0.6 is 0 Å². The summed E-state index contributed by atoms with van der Waals surface area (Å²) in [4.78, 5) is 17.7. The zero-order valence-corrected chi connectivity index (χ0v) is 10.2. The molecule has 1 amide bonds. The van der Waals surface area contributed by atoms with Gasteiger partial charge in [0.15, 0.2) is 0 Å². The highest BCUT2D eigenvalue weighted by Crippen LogP contribution is 2.33. The number of rotatable bonds is 2. The molecule has 86 valence electrons. The first-order chi connectivity index (χ1) is 7.62. The van der Waals surface area contributed by atoms with Crippen LogP contribution in [-0.4, -0.2) is 24.1 Å². The van der Waals surface area contributed by atoms with Crippen LogP contribution < -0.4 is 0 Å². The van der Waals surface area contributed by atoms with E-state index in [4.69, 9.17) is 0 Å². The molecule has 2 aliphatic heterocycles. The third-order valence-electron chi connectivity index (χ3n) is 3.72. The first kappa shape index (κ1) is 11.1. The molecule has 3 heteroatoms. The second-order valence-electron chi connectivity index (χ2n) is 4.49. The average molecular weight is 218 g/mol. The van der Waals surface area contributed by atoms with Gasteiger partial charge in [-0.15, -0.1) is 0 Å². The second-order valence-corrected chi connectivity index (χ2v) is 4.49. The van der Waals surface area contributed by atoms with Gasteiger partial charge >= 0.3 is 0 Å². The van der Waals surface area contributed by atoms with Gasteiger partial charge in [-0.25, -0.2) is 0 Å². The molecule has 2 rings (SSSR count). The van der Waals surface area contributed by atoms with Gasteiger partial charge in [-0.05, 0) is 18.9 Å². The van der Waals surface area contributed by atoms with Crippen LogP contribution in [0.2, 0.25) is 0 Å². The van der Waals surface area contributed by atoms with Crippen molar-refractivity contribution in [2.75, 3.05) is 7.05 Å². The lowest BCUT2D eigenvalue weighted by Crippen LogP contribution is -2.20. The van der Waals surface area contributed by atoms with Crippen molar-refractivity contribution in [2.24, 2.45) is 10.4 Å². The van der Waals surface area contributed by atoms with Crippen LogP contribution in [0, 0.1) is 5.41 Å². The Morgan fingerprint density at radius 1 is 1.44 bits per heavy atom. The summed E-state index contributed by atoms with van der Waals surface area (Å²) in [7, 11) is 1.81. The third-order valence-corrected chi connectivity index (χ3v) is 3.72. The minimum atomic E-state index is 0.0637. The summed E-state index contributed by atoms with van der Waals surface area (Å²) in [6.07, 6.45) is 8.78. The number of allylic oxidation sites excluding steroid dienone is 2. The van der Waals surface area contributed by atoms with E-state index in [9.17, 15) is 4.79 Å². The van der Waals surface area contributed by atoms with E-state index in [0.717, 1.165) is 24.2 Å². The number of carbonyl (C=O) groups is 1. The normalized spacial score (nSPS) is 22.7. The standard InChI is InChI=1S/C13H18N2O/c1-4-13(5-2)7-6-11-10(14-9-13)8-12(16)15(11)3/h6-7,9H,4-5,8H2,1-3H3. The van der Waals surface area contributed by atoms with Crippen molar-refractivity contribution >= 4 is 12.1 Å². The van der Waals surface area contributed by atoms with E-state index in [2.05, 4.69) is 31.0 Å². The lowest BCUT2D eigenvalue weighted by molar-refractivity contribution is -0.125. The summed E-state index contributed by atoms with van der Waals surface area (Å²) >= 11 is 0. The molecule has 0 N–H and O–H groups in total. The maximum atomic E-state index is 11.5. The van der Waals surface area contributed by atoms with E-state index in [1.807, 2.05) is 13.3 Å². The smallest absolute Gasteiger partial charge is 0.232 e. The van der Waals surface area contributed by atoms with Gasteiger partial charge in [0.25, 0.3) is 0 Å². The fourth-order valence-corrected chi connectivity index (χ4v) is 2.16. The maximum Gasteiger partial charge on any atom is 0.232 e. The van der Waals surface area contributed by atoms with Crippen LogP contribution in [0.25, 0.3) is 0 Å². The maximum absolute atomic E-state index is 11.5. The molecule has 0 aromatic heterocycles. The van der Waals surface area contributed by atoms with E-state index in [1.165, 1.54) is 0 Å². The van der Waals surface area contributed by atoms with E-state index < -0.39 is 0 Å². The highest BCUT2D eigenvalue weighted by atomic mass is 16.2. The first-order valence-electron chi connectivity index (χ1n) is 5.86. The minimum Gasteiger partial charge on any atom is -0.313 e. The van der Waals surface area contributed by atoms with Crippen molar-refractivity contribution < 1.29 is 4.79 Å². The average Bonchev–Trinajstić information content (AvgIpc) is 2.50. The Bertz CT molecular complexity index is 400. The lowest BCUT2D eigenvalue weighted by atomic mass is 9.83.